The molecule has 6 aromatic rings. The summed E-state index contributed by atoms with van der Waals surface area (Å²) in [7, 11) is -8.78. The SMILES string of the molecule is O=[N+]([O-])c1sccc1C(Cc1ccc(O[C@@H]2CCC[C@@H]2O)nc1)S(=O)(=O)Oc1ccc(N(CCCl)CCCl)cc1.O=[N+]([O-])c1sccc1C(Cc1ccc(O[C@H]2CCC[C@H]2O)nc1)S(=O)(=O)Oc1ccc(N(CCCl)CCCl)cc1. The van der Waals surface area contributed by atoms with Crippen LogP contribution in [0.5, 0.6) is 23.3 Å². The fourth-order valence-corrected chi connectivity index (χ4v) is 14.4. The van der Waals surface area contributed by atoms with Crippen LogP contribution in [-0.2, 0) is 33.1 Å². The molecule has 0 spiro atoms. The van der Waals surface area contributed by atoms with Crippen molar-refractivity contribution in [1.82, 2.24) is 9.97 Å². The maximum atomic E-state index is 13.6. The molecule has 432 valence electrons. The lowest BCUT2D eigenvalue weighted by atomic mass is 10.1. The van der Waals surface area contributed by atoms with Gasteiger partial charge in [0.1, 0.15) is 34.2 Å². The lowest BCUT2D eigenvalue weighted by Gasteiger charge is -2.23. The first-order valence-electron chi connectivity index (χ1n) is 25.3. The number of benzene rings is 2. The Balaban J connectivity index is 0.000000231. The highest BCUT2D eigenvalue weighted by Gasteiger charge is 2.38. The fraction of sp³-hybridized carbons (Fsp3) is 0.423. The van der Waals surface area contributed by atoms with Gasteiger partial charge in [0.25, 0.3) is 0 Å². The van der Waals surface area contributed by atoms with Crippen LogP contribution in [0, 0.1) is 20.2 Å². The average Bonchev–Trinajstić information content (AvgIpc) is 4.29. The molecule has 20 nitrogen and oxygen atoms in total. The van der Waals surface area contributed by atoms with Gasteiger partial charge < -0.3 is 37.9 Å². The van der Waals surface area contributed by atoms with Crippen LogP contribution in [0.3, 0.4) is 0 Å². The zero-order valence-corrected chi connectivity index (χ0v) is 49.1. The summed E-state index contributed by atoms with van der Waals surface area (Å²) in [6.07, 6.45) is 5.45. The quantitative estimate of drug-likeness (QED) is 0.0200. The predicted molar refractivity (Wildman–Crippen MR) is 311 cm³/mol. The van der Waals surface area contributed by atoms with Crippen molar-refractivity contribution in [2.24, 2.45) is 0 Å². The first-order valence-corrected chi connectivity index (χ1v) is 32.1. The Morgan fingerprint density at radius 2 is 0.925 bits per heavy atom. The number of hydrogen-bond acceptors (Lipinski definition) is 20. The van der Waals surface area contributed by atoms with Gasteiger partial charge in [0.15, 0.2) is 0 Å². The van der Waals surface area contributed by atoms with Gasteiger partial charge in [-0.2, -0.15) is 16.8 Å². The summed E-state index contributed by atoms with van der Waals surface area (Å²) in [5.74, 6) is 2.35. The monoisotopic (exact) mass is 1260 g/mol. The van der Waals surface area contributed by atoms with E-state index < -0.39 is 52.8 Å². The largest absolute Gasteiger partial charge is 0.472 e. The van der Waals surface area contributed by atoms with E-state index in [4.69, 9.17) is 64.2 Å². The standard InChI is InChI=1S/2C26H29Cl2N3O7S2/c2*27-11-13-30(14-12-28)19-5-7-20(8-6-19)38-40(35,36)24(21-10-15-39-26(21)31(33)34)16-18-4-9-25(29-17-18)37-23-3-1-2-22(23)32/h2*4-10,15,17,22-24,32H,1-3,11-14,16H2/t2*22-,23+,24?/m10/s1. The molecule has 2 N–H and O–H groups in total. The summed E-state index contributed by atoms with van der Waals surface area (Å²) in [5, 5.41) is 43.0. The van der Waals surface area contributed by atoms with Crippen LogP contribution in [-0.4, -0.2) is 121 Å². The average molecular weight is 1260 g/mol. The highest BCUT2D eigenvalue weighted by atomic mass is 35.5. The van der Waals surface area contributed by atoms with E-state index in [1.807, 2.05) is 9.80 Å². The zero-order chi connectivity index (χ0) is 57.4. The summed E-state index contributed by atoms with van der Waals surface area (Å²) in [6.45, 7) is 2.26. The number of anilines is 2. The number of rotatable bonds is 28. The highest BCUT2D eigenvalue weighted by Crippen LogP contribution is 2.41. The molecule has 2 aliphatic carbocycles. The number of thiophene rings is 2. The van der Waals surface area contributed by atoms with Crippen molar-refractivity contribution in [3.8, 4) is 23.3 Å². The van der Waals surface area contributed by atoms with Crippen LogP contribution >= 0.6 is 69.1 Å². The number of aliphatic hydroxyl groups excluding tert-OH is 2. The smallest absolute Gasteiger partial charge is 0.328 e. The van der Waals surface area contributed by atoms with E-state index in [2.05, 4.69) is 9.97 Å². The Hall–Kier alpha value is -5.28. The van der Waals surface area contributed by atoms with Crippen LogP contribution < -0.4 is 27.6 Å². The normalized spacial score (nSPS) is 17.9. The third kappa shape index (κ3) is 16.9. The lowest BCUT2D eigenvalue weighted by molar-refractivity contribution is -0.381. The first-order chi connectivity index (χ1) is 38.4. The van der Waals surface area contributed by atoms with E-state index in [9.17, 15) is 47.3 Å². The lowest BCUT2D eigenvalue weighted by Crippen LogP contribution is -2.27. The number of halogens is 4. The number of pyridine rings is 2. The number of aromatic nitrogens is 2. The van der Waals surface area contributed by atoms with Crippen molar-refractivity contribution in [2.75, 3.05) is 59.5 Å². The topological polar surface area (TPSA) is 264 Å². The van der Waals surface area contributed by atoms with E-state index in [-0.39, 0.29) is 57.7 Å². The van der Waals surface area contributed by atoms with Crippen molar-refractivity contribution >= 4 is 111 Å². The molecule has 8 rings (SSSR count). The maximum absolute atomic E-state index is 13.6. The molecule has 80 heavy (non-hydrogen) atoms. The van der Waals surface area contributed by atoms with Gasteiger partial charge in [-0.15, -0.1) is 46.4 Å². The second kappa shape index (κ2) is 29.6. The van der Waals surface area contributed by atoms with Crippen molar-refractivity contribution in [1.29, 1.82) is 0 Å². The van der Waals surface area contributed by atoms with Crippen LogP contribution in [0.15, 0.2) is 108 Å². The molecule has 28 heteroatoms. The summed E-state index contributed by atoms with van der Waals surface area (Å²) in [6, 6.07) is 22.3. The molecular weight excluding hydrogens is 1200 g/mol. The van der Waals surface area contributed by atoms with Gasteiger partial charge >= 0.3 is 30.2 Å². The summed E-state index contributed by atoms with van der Waals surface area (Å²) < 4.78 is 76.8. The Labute approximate surface area is 491 Å². The molecule has 0 amide bonds. The van der Waals surface area contributed by atoms with Gasteiger partial charge in [0, 0.05) is 85.6 Å². The third-order valence-electron chi connectivity index (χ3n) is 13.1. The Morgan fingerprint density at radius 1 is 0.562 bits per heavy atom. The molecule has 0 aliphatic heterocycles. The zero-order valence-electron chi connectivity index (χ0n) is 42.8. The fourth-order valence-electron chi connectivity index (χ4n) is 9.13. The highest BCUT2D eigenvalue weighted by molar-refractivity contribution is 7.87. The maximum Gasteiger partial charge on any atom is 0.328 e. The number of hydrogen-bond donors (Lipinski definition) is 2. The molecule has 6 atom stereocenters. The van der Waals surface area contributed by atoms with Gasteiger partial charge in [0.05, 0.1) is 33.2 Å². The van der Waals surface area contributed by atoms with Crippen molar-refractivity contribution in [3.63, 3.8) is 0 Å². The molecule has 2 fully saturated rings. The number of nitro groups is 2. The van der Waals surface area contributed by atoms with Gasteiger partial charge in [-0.3, -0.25) is 20.2 Å². The van der Waals surface area contributed by atoms with E-state index in [1.165, 1.54) is 59.6 Å². The van der Waals surface area contributed by atoms with Crippen molar-refractivity contribution < 1.29 is 54.7 Å². The second-order valence-electron chi connectivity index (χ2n) is 18.5. The van der Waals surface area contributed by atoms with Crippen LogP contribution in [0.1, 0.15) is 71.3 Å². The van der Waals surface area contributed by atoms with E-state index in [1.54, 1.807) is 48.5 Å². The Kier molecular flexibility index (Phi) is 23.1. The summed E-state index contributed by atoms with van der Waals surface area (Å²) in [5.41, 5.74) is 2.72. The number of nitrogens with zero attached hydrogens (tertiary/aromatic N) is 6. The van der Waals surface area contributed by atoms with E-state index in [0.29, 0.717) is 85.4 Å². The van der Waals surface area contributed by atoms with E-state index in [0.717, 1.165) is 59.7 Å². The van der Waals surface area contributed by atoms with Crippen LogP contribution in [0.2, 0.25) is 0 Å². The summed E-state index contributed by atoms with van der Waals surface area (Å²) >= 11 is 25.2. The molecule has 4 heterocycles. The second-order valence-corrected chi connectivity index (χ2v) is 25.2. The Morgan fingerprint density at radius 3 is 1.21 bits per heavy atom. The molecule has 0 radical (unpaired) electrons. The van der Waals surface area contributed by atoms with Crippen LogP contribution in [0.4, 0.5) is 21.4 Å². The van der Waals surface area contributed by atoms with Gasteiger partial charge in [-0.05, 0) is 134 Å². The molecular formula is C52H58Cl4N6O14S4. The minimum atomic E-state index is -4.39. The van der Waals surface area contributed by atoms with Gasteiger partial charge in [-0.25, -0.2) is 9.97 Å². The molecule has 4 aromatic heterocycles. The third-order valence-corrected chi connectivity index (χ3v) is 18.7. The van der Waals surface area contributed by atoms with Crippen molar-refractivity contribution in [2.45, 2.75) is 86.3 Å². The first kappa shape index (κ1) is 62.3. The molecule has 2 aliphatic rings. The van der Waals surface area contributed by atoms with Crippen LogP contribution in [0.25, 0.3) is 0 Å². The number of ether oxygens (including phenoxy) is 2. The summed E-state index contributed by atoms with van der Waals surface area (Å²) in [4.78, 5) is 34.6. The molecule has 0 saturated heterocycles. The number of aliphatic hydroxyl groups is 2. The van der Waals surface area contributed by atoms with Gasteiger partial charge in [0.2, 0.25) is 11.8 Å². The number of alkyl halides is 4. The molecule has 2 unspecified atom stereocenters. The minimum Gasteiger partial charge on any atom is -0.472 e. The molecule has 0 bridgehead atoms. The predicted octanol–water partition coefficient (Wildman–Crippen LogP) is 10.6. The minimum absolute atomic E-state index is 0.0384. The van der Waals surface area contributed by atoms with Gasteiger partial charge in [-0.1, -0.05) is 34.8 Å². The van der Waals surface area contributed by atoms with Crippen molar-refractivity contribution in [3.05, 3.63) is 151 Å². The molecule has 2 aromatic carbocycles. The molecule has 2 saturated carbocycles. The Bertz CT molecular complexity index is 2940. The van der Waals surface area contributed by atoms with E-state index >= 15 is 0 Å².